The fourth-order valence-corrected chi connectivity index (χ4v) is 10.3. The summed E-state index contributed by atoms with van der Waals surface area (Å²) >= 11 is 0. The van der Waals surface area contributed by atoms with Crippen LogP contribution >= 0.6 is 0 Å². The zero-order valence-electron chi connectivity index (χ0n) is 34.3. The van der Waals surface area contributed by atoms with Gasteiger partial charge in [-0.15, -0.1) is 0 Å². The Morgan fingerprint density at radius 2 is 0.672 bits per heavy atom. The van der Waals surface area contributed by atoms with E-state index in [-0.39, 0.29) is 5.41 Å². The van der Waals surface area contributed by atoms with Crippen LogP contribution in [-0.2, 0) is 5.41 Å². The molecule has 11 aromatic carbocycles. The van der Waals surface area contributed by atoms with Gasteiger partial charge in [-0.2, -0.15) is 0 Å². The molecule has 1 aliphatic rings. The molecular formula is C61H42. The summed E-state index contributed by atoms with van der Waals surface area (Å²) in [5.41, 5.74) is 17.7. The summed E-state index contributed by atoms with van der Waals surface area (Å²) in [6, 6.07) is 81.5. The van der Waals surface area contributed by atoms with Crippen molar-refractivity contribution in [1.29, 1.82) is 0 Å². The van der Waals surface area contributed by atoms with Gasteiger partial charge in [-0.25, -0.2) is 0 Å². The largest absolute Gasteiger partial charge is 0.0619 e. The van der Waals surface area contributed by atoms with E-state index >= 15 is 0 Å². The fraction of sp³-hybridized carbons (Fsp3) is 0.0492. The van der Waals surface area contributed by atoms with Crippen LogP contribution in [0.15, 0.2) is 218 Å². The smallest absolute Gasteiger partial charge is 0.0159 e. The van der Waals surface area contributed by atoms with Crippen molar-refractivity contribution in [2.24, 2.45) is 0 Å². The third kappa shape index (κ3) is 5.75. The molecular weight excluding hydrogens is 733 g/mol. The molecule has 11 aromatic rings. The highest BCUT2D eigenvalue weighted by Crippen LogP contribution is 2.51. The van der Waals surface area contributed by atoms with E-state index < -0.39 is 0 Å². The van der Waals surface area contributed by atoms with Crippen LogP contribution in [-0.4, -0.2) is 0 Å². The molecule has 0 saturated carbocycles. The van der Waals surface area contributed by atoms with E-state index in [1.807, 2.05) is 0 Å². The summed E-state index contributed by atoms with van der Waals surface area (Å²) in [4.78, 5) is 0. The molecule has 0 saturated heterocycles. The van der Waals surface area contributed by atoms with Crippen molar-refractivity contribution in [3.63, 3.8) is 0 Å². The van der Waals surface area contributed by atoms with Gasteiger partial charge in [0.15, 0.2) is 0 Å². The van der Waals surface area contributed by atoms with E-state index in [1.54, 1.807) is 0 Å². The van der Waals surface area contributed by atoms with E-state index in [4.69, 9.17) is 0 Å². The Morgan fingerprint density at radius 3 is 1.31 bits per heavy atom. The molecule has 286 valence electrons. The average molecular weight is 775 g/mol. The Kier molecular flexibility index (Phi) is 7.99. The summed E-state index contributed by atoms with van der Waals surface area (Å²) in [6.07, 6.45) is 0. The lowest BCUT2D eigenvalue weighted by Gasteiger charge is -2.22. The first kappa shape index (κ1) is 35.4. The topological polar surface area (TPSA) is 0 Å². The Balaban J connectivity index is 1.09. The second kappa shape index (κ2) is 13.8. The maximum atomic E-state index is 2.47. The summed E-state index contributed by atoms with van der Waals surface area (Å²) in [5, 5.41) is 10.0. The monoisotopic (exact) mass is 774 g/mol. The third-order valence-corrected chi connectivity index (χ3v) is 13.4. The first-order chi connectivity index (χ1) is 30.0. The normalized spacial score (nSPS) is 12.9. The fourth-order valence-electron chi connectivity index (χ4n) is 10.3. The molecule has 0 atom stereocenters. The molecule has 0 unspecified atom stereocenters. The molecule has 0 aliphatic heterocycles. The standard InChI is InChI=1S/C61H42/c1-61(2)57-24-10-9-21-51(57)52-31-29-48(38-58(52)61)47-30-32-55-56(37-47)60(50-20-12-18-44(36-50)46-28-26-40-14-4-6-16-42(40)34-46)54-23-8-7-22-53(54)59(55)49-19-11-17-43(35-49)45-27-25-39-13-3-5-15-41(39)33-45/h3-38H,1-2H3. The van der Waals surface area contributed by atoms with Gasteiger partial charge in [-0.1, -0.05) is 196 Å². The van der Waals surface area contributed by atoms with E-state index in [9.17, 15) is 0 Å². The van der Waals surface area contributed by atoms with Crippen LogP contribution in [0.5, 0.6) is 0 Å². The second-order valence-corrected chi connectivity index (χ2v) is 17.3. The Hall–Kier alpha value is -7.54. The van der Waals surface area contributed by atoms with Gasteiger partial charge in [-0.3, -0.25) is 0 Å². The van der Waals surface area contributed by atoms with Gasteiger partial charge < -0.3 is 0 Å². The average Bonchev–Trinajstić information content (AvgIpc) is 3.55. The SMILES string of the molecule is CC1(C)c2ccccc2-c2ccc(-c3ccc4c(-c5cccc(-c6ccc7ccccc7c6)c5)c5ccccc5c(-c5cccc(-c6ccc7ccccc7c6)c5)c4c3)cc21. The molecule has 0 fully saturated rings. The zero-order chi connectivity index (χ0) is 40.7. The molecule has 0 spiro atoms. The molecule has 0 heterocycles. The third-order valence-electron chi connectivity index (χ3n) is 13.4. The number of hydrogen-bond donors (Lipinski definition) is 0. The second-order valence-electron chi connectivity index (χ2n) is 17.3. The van der Waals surface area contributed by atoms with Crippen LogP contribution in [0.1, 0.15) is 25.0 Å². The maximum Gasteiger partial charge on any atom is 0.0159 e. The van der Waals surface area contributed by atoms with Gasteiger partial charge in [0, 0.05) is 5.41 Å². The Bertz CT molecular complexity index is 3560. The highest BCUT2D eigenvalue weighted by Gasteiger charge is 2.35. The number of rotatable bonds is 5. The quantitative estimate of drug-likeness (QED) is 0.153. The van der Waals surface area contributed by atoms with Crippen molar-refractivity contribution < 1.29 is 0 Å². The van der Waals surface area contributed by atoms with Crippen molar-refractivity contribution in [2.45, 2.75) is 19.3 Å². The molecule has 0 N–H and O–H groups in total. The molecule has 0 aromatic heterocycles. The first-order valence-electron chi connectivity index (χ1n) is 21.4. The minimum absolute atomic E-state index is 0.0768. The van der Waals surface area contributed by atoms with Crippen LogP contribution in [0.3, 0.4) is 0 Å². The number of hydrogen-bond acceptors (Lipinski definition) is 0. The Morgan fingerprint density at radius 1 is 0.246 bits per heavy atom. The first-order valence-corrected chi connectivity index (χ1v) is 21.4. The van der Waals surface area contributed by atoms with E-state index in [1.165, 1.54) is 121 Å². The van der Waals surface area contributed by atoms with E-state index in [0.29, 0.717) is 0 Å². The van der Waals surface area contributed by atoms with Gasteiger partial charge in [0.2, 0.25) is 0 Å². The number of fused-ring (bicyclic) bond motifs is 7. The molecule has 0 radical (unpaired) electrons. The van der Waals surface area contributed by atoms with Crippen molar-refractivity contribution in [1.82, 2.24) is 0 Å². The predicted octanol–water partition coefficient (Wildman–Crippen LogP) is 16.9. The van der Waals surface area contributed by atoms with Gasteiger partial charge in [0.25, 0.3) is 0 Å². The predicted molar refractivity (Wildman–Crippen MR) is 261 cm³/mol. The molecule has 1 aliphatic carbocycles. The highest BCUT2D eigenvalue weighted by atomic mass is 14.4. The zero-order valence-corrected chi connectivity index (χ0v) is 34.3. The number of benzene rings is 11. The summed E-state index contributed by atoms with van der Waals surface area (Å²) in [6.45, 7) is 4.74. The minimum Gasteiger partial charge on any atom is -0.0619 e. The summed E-state index contributed by atoms with van der Waals surface area (Å²) < 4.78 is 0. The van der Waals surface area contributed by atoms with Crippen LogP contribution < -0.4 is 0 Å². The lowest BCUT2D eigenvalue weighted by molar-refractivity contribution is 0.660. The minimum atomic E-state index is -0.0768. The highest BCUT2D eigenvalue weighted by molar-refractivity contribution is 6.22. The van der Waals surface area contributed by atoms with Gasteiger partial charge in [0.05, 0.1) is 0 Å². The van der Waals surface area contributed by atoms with Crippen molar-refractivity contribution in [2.75, 3.05) is 0 Å². The molecule has 0 heteroatoms. The van der Waals surface area contributed by atoms with E-state index in [0.717, 1.165) is 0 Å². The lowest BCUT2D eigenvalue weighted by atomic mass is 9.81. The van der Waals surface area contributed by atoms with Crippen LogP contribution in [0, 0.1) is 0 Å². The molecule has 0 bridgehead atoms. The molecule has 0 amide bonds. The van der Waals surface area contributed by atoms with Crippen LogP contribution in [0.2, 0.25) is 0 Å². The van der Waals surface area contributed by atoms with Crippen molar-refractivity contribution in [3.05, 3.63) is 230 Å². The molecule has 0 nitrogen and oxygen atoms in total. The summed E-state index contributed by atoms with van der Waals surface area (Å²) in [5.74, 6) is 0. The van der Waals surface area contributed by atoms with Crippen molar-refractivity contribution in [3.8, 4) is 66.8 Å². The molecule has 61 heavy (non-hydrogen) atoms. The molecule has 12 rings (SSSR count). The van der Waals surface area contributed by atoms with Gasteiger partial charge in [0.1, 0.15) is 0 Å². The van der Waals surface area contributed by atoms with Crippen LogP contribution in [0.4, 0.5) is 0 Å². The van der Waals surface area contributed by atoms with Gasteiger partial charge >= 0.3 is 0 Å². The van der Waals surface area contributed by atoms with Crippen LogP contribution in [0.25, 0.3) is 110 Å². The summed E-state index contributed by atoms with van der Waals surface area (Å²) in [7, 11) is 0. The van der Waals surface area contributed by atoms with E-state index in [2.05, 4.69) is 232 Å². The van der Waals surface area contributed by atoms with Crippen molar-refractivity contribution >= 4 is 43.1 Å². The van der Waals surface area contributed by atoms with Gasteiger partial charge in [-0.05, 0) is 157 Å². The Labute approximate surface area is 357 Å². The maximum absolute atomic E-state index is 2.47. The lowest BCUT2D eigenvalue weighted by Crippen LogP contribution is -2.14.